The lowest BCUT2D eigenvalue weighted by Crippen LogP contribution is -2.39. The summed E-state index contributed by atoms with van der Waals surface area (Å²) in [6.07, 6.45) is 8.11. The van der Waals surface area contributed by atoms with Crippen LogP contribution in [0, 0.1) is 0 Å². The summed E-state index contributed by atoms with van der Waals surface area (Å²) in [5.41, 5.74) is 1.83. The van der Waals surface area contributed by atoms with E-state index in [1.54, 1.807) is 12.1 Å². The van der Waals surface area contributed by atoms with Crippen LogP contribution in [0.3, 0.4) is 0 Å². The van der Waals surface area contributed by atoms with E-state index in [0.29, 0.717) is 34.5 Å². The quantitative estimate of drug-likeness (QED) is 0.561. The molecule has 1 amide bonds. The molecule has 26 heavy (non-hydrogen) atoms. The van der Waals surface area contributed by atoms with E-state index in [4.69, 9.17) is 26.4 Å². The van der Waals surface area contributed by atoms with Crippen LogP contribution in [0.15, 0.2) is 23.8 Å². The number of benzene rings is 1. The molecule has 2 rings (SSSR count). The van der Waals surface area contributed by atoms with Crippen molar-refractivity contribution < 1.29 is 19.0 Å². The molecule has 142 valence electrons. The first-order chi connectivity index (χ1) is 12.6. The zero-order valence-electron chi connectivity index (χ0n) is 15.5. The first kappa shape index (κ1) is 20.0. The van der Waals surface area contributed by atoms with E-state index in [0.717, 1.165) is 19.3 Å². The van der Waals surface area contributed by atoms with Crippen molar-refractivity contribution in [2.45, 2.75) is 32.1 Å². The molecule has 2 N–H and O–H groups in total. The molecule has 1 aromatic rings. The lowest BCUT2D eigenvalue weighted by molar-refractivity contribution is 0.0976. The number of rotatable bonds is 7. The summed E-state index contributed by atoms with van der Waals surface area (Å²) >= 11 is 5.22. The van der Waals surface area contributed by atoms with Crippen LogP contribution < -0.4 is 24.8 Å². The van der Waals surface area contributed by atoms with E-state index >= 15 is 0 Å². The molecular formula is C19H26N2O4S. The van der Waals surface area contributed by atoms with Crippen LogP contribution in [0.4, 0.5) is 0 Å². The maximum absolute atomic E-state index is 12.5. The van der Waals surface area contributed by atoms with Crippen molar-refractivity contribution in [3.05, 3.63) is 29.3 Å². The van der Waals surface area contributed by atoms with Gasteiger partial charge in [0.2, 0.25) is 5.75 Å². The van der Waals surface area contributed by atoms with Gasteiger partial charge in [-0.25, -0.2) is 0 Å². The predicted molar refractivity (Wildman–Crippen MR) is 105 cm³/mol. The van der Waals surface area contributed by atoms with Crippen LogP contribution in [0.1, 0.15) is 42.5 Å². The van der Waals surface area contributed by atoms with Crippen LogP contribution in [0.25, 0.3) is 0 Å². The standard InChI is InChI=1S/C19H26N2O4S/c1-23-15-11-14(12-16(24-2)17(15)25-3)18(22)21-19(26)20-10-9-13-7-5-4-6-8-13/h7,11-12H,4-6,8-10H2,1-3H3,(H2,20,21,22,26). The fourth-order valence-corrected chi connectivity index (χ4v) is 3.09. The molecule has 0 bridgehead atoms. The highest BCUT2D eigenvalue weighted by Crippen LogP contribution is 2.38. The third-order valence-corrected chi connectivity index (χ3v) is 4.52. The highest BCUT2D eigenvalue weighted by Gasteiger charge is 2.17. The lowest BCUT2D eigenvalue weighted by atomic mass is 9.97. The summed E-state index contributed by atoms with van der Waals surface area (Å²) in [7, 11) is 4.52. The summed E-state index contributed by atoms with van der Waals surface area (Å²) in [4.78, 5) is 12.5. The van der Waals surface area contributed by atoms with Gasteiger partial charge in [-0.1, -0.05) is 11.6 Å². The molecule has 0 aliphatic heterocycles. The minimum Gasteiger partial charge on any atom is -0.493 e. The summed E-state index contributed by atoms with van der Waals surface area (Å²) < 4.78 is 15.8. The zero-order valence-corrected chi connectivity index (χ0v) is 16.3. The fourth-order valence-electron chi connectivity index (χ4n) is 2.90. The highest BCUT2D eigenvalue weighted by molar-refractivity contribution is 7.80. The number of amides is 1. The molecule has 0 spiro atoms. The van der Waals surface area contributed by atoms with Gasteiger partial charge in [-0.3, -0.25) is 10.1 Å². The van der Waals surface area contributed by atoms with Gasteiger partial charge in [0.25, 0.3) is 5.91 Å². The number of hydrogen-bond acceptors (Lipinski definition) is 5. The number of carbonyl (C=O) groups is 1. The smallest absolute Gasteiger partial charge is 0.257 e. The van der Waals surface area contributed by atoms with Gasteiger partial charge in [-0.2, -0.15) is 0 Å². The summed E-state index contributed by atoms with van der Waals surface area (Å²) in [5, 5.41) is 6.07. The molecule has 0 saturated carbocycles. The second kappa shape index (κ2) is 10.0. The monoisotopic (exact) mass is 378 g/mol. The Bertz CT molecular complexity index is 663. The van der Waals surface area contributed by atoms with E-state index < -0.39 is 0 Å². The molecule has 0 radical (unpaired) electrons. The largest absolute Gasteiger partial charge is 0.493 e. The van der Waals surface area contributed by atoms with Gasteiger partial charge in [-0.05, 0) is 56.5 Å². The van der Waals surface area contributed by atoms with Crippen molar-refractivity contribution in [2.24, 2.45) is 0 Å². The van der Waals surface area contributed by atoms with E-state index in [2.05, 4.69) is 16.7 Å². The molecule has 1 aromatic carbocycles. The van der Waals surface area contributed by atoms with Gasteiger partial charge in [0.15, 0.2) is 16.6 Å². The van der Waals surface area contributed by atoms with Gasteiger partial charge in [-0.15, -0.1) is 0 Å². The number of hydrogen-bond donors (Lipinski definition) is 2. The van der Waals surface area contributed by atoms with Crippen molar-refractivity contribution in [3.63, 3.8) is 0 Å². The Labute approximate surface area is 159 Å². The average Bonchev–Trinajstić information content (AvgIpc) is 2.67. The third-order valence-electron chi connectivity index (χ3n) is 4.27. The molecule has 6 nitrogen and oxygen atoms in total. The van der Waals surface area contributed by atoms with Crippen molar-refractivity contribution in [1.82, 2.24) is 10.6 Å². The minimum absolute atomic E-state index is 0.306. The molecule has 0 saturated heterocycles. The van der Waals surface area contributed by atoms with E-state index in [-0.39, 0.29) is 5.91 Å². The SMILES string of the molecule is COc1cc(C(=O)NC(=S)NCCC2=CCCCC2)cc(OC)c1OC. The molecule has 1 aliphatic rings. The van der Waals surface area contributed by atoms with E-state index in [1.165, 1.54) is 39.7 Å². The van der Waals surface area contributed by atoms with Gasteiger partial charge in [0.1, 0.15) is 0 Å². The van der Waals surface area contributed by atoms with Gasteiger partial charge < -0.3 is 19.5 Å². The van der Waals surface area contributed by atoms with Crippen molar-refractivity contribution >= 4 is 23.2 Å². The Morgan fingerprint density at radius 2 is 1.81 bits per heavy atom. The lowest BCUT2D eigenvalue weighted by Gasteiger charge is -2.15. The normalized spacial score (nSPS) is 13.4. The van der Waals surface area contributed by atoms with Gasteiger partial charge >= 0.3 is 0 Å². The molecule has 0 aromatic heterocycles. The fraction of sp³-hybridized carbons (Fsp3) is 0.474. The Morgan fingerprint density at radius 1 is 1.12 bits per heavy atom. The maximum Gasteiger partial charge on any atom is 0.257 e. The summed E-state index contributed by atoms with van der Waals surface area (Å²) in [6, 6.07) is 3.18. The van der Waals surface area contributed by atoms with Crippen LogP contribution in [-0.4, -0.2) is 38.9 Å². The highest BCUT2D eigenvalue weighted by atomic mass is 32.1. The number of allylic oxidation sites excluding steroid dienone is 1. The average molecular weight is 378 g/mol. The minimum atomic E-state index is -0.335. The molecule has 0 unspecified atom stereocenters. The third kappa shape index (κ3) is 5.36. The first-order valence-electron chi connectivity index (χ1n) is 8.66. The Morgan fingerprint density at radius 3 is 2.35 bits per heavy atom. The van der Waals surface area contributed by atoms with E-state index in [9.17, 15) is 4.79 Å². The molecule has 0 atom stereocenters. The summed E-state index contributed by atoms with van der Waals surface area (Å²) in [6.45, 7) is 0.709. The molecule has 0 fully saturated rings. The van der Waals surface area contributed by atoms with Crippen LogP contribution >= 0.6 is 12.2 Å². The van der Waals surface area contributed by atoms with Crippen LogP contribution in [-0.2, 0) is 0 Å². The zero-order chi connectivity index (χ0) is 18.9. The number of nitrogens with one attached hydrogen (secondary N) is 2. The second-order valence-corrected chi connectivity index (χ2v) is 6.39. The number of ether oxygens (including phenoxy) is 3. The summed E-state index contributed by atoms with van der Waals surface area (Å²) in [5.74, 6) is 0.937. The Hall–Kier alpha value is -2.28. The topological polar surface area (TPSA) is 68.8 Å². The van der Waals surface area contributed by atoms with Crippen molar-refractivity contribution in [2.75, 3.05) is 27.9 Å². The Balaban J connectivity index is 1.93. The first-order valence-corrected chi connectivity index (χ1v) is 9.07. The van der Waals surface area contributed by atoms with Gasteiger partial charge in [0, 0.05) is 12.1 Å². The Kier molecular flexibility index (Phi) is 7.72. The molecule has 7 heteroatoms. The van der Waals surface area contributed by atoms with E-state index in [1.807, 2.05) is 0 Å². The number of methoxy groups -OCH3 is 3. The number of carbonyl (C=O) groups excluding carboxylic acids is 1. The number of thiocarbonyl (C=S) groups is 1. The second-order valence-electron chi connectivity index (χ2n) is 5.98. The molecule has 1 aliphatic carbocycles. The van der Waals surface area contributed by atoms with Gasteiger partial charge in [0.05, 0.1) is 21.3 Å². The maximum atomic E-state index is 12.5. The molecule has 0 heterocycles. The van der Waals surface area contributed by atoms with Crippen LogP contribution in [0.5, 0.6) is 17.2 Å². The molecular weight excluding hydrogens is 352 g/mol. The van der Waals surface area contributed by atoms with Crippen LogP contribution in [0.2, 0.25) is 0 Å². The predicted octanol–water partition coefficient (Wildman–Crippen LogP) is 3.21. The van der Waals surface area contributed by atoms with Crippen molar-refractivity contribution in [1.29, 1.82) is 0 Å². The van der Waals surface area contributed by atoms with Crippen molar-refractivity contribution in [3.8, 4) is 17.2 Å².